The van der Waals surface area contributed by atoms with Gasteiger partial charge in [0.1, 0.15) is 11.5 Å². The molecule has 0 amide bonds. The van der Waals surface area contributed by atoms with Crippen molar-refractivity contribution in [1.82, 2.24) is 15.0 Å². The number of imidazole rings is 1. The molecule has 0 unspecified atom stereocenters. The summed E-state index contributed by atoms with van der Waals surface area (Å²) < 4.78 is 0. The lowest BCUT2D eigenvalue weighted by molar-refractivity contribution is 0.0850. The second-order valence-corrected chi connectivity index (χ2v) is 4.33. The van der Waals surface area contributed by atoms with Crippen molar-refractivity contribution in [3.63, 3.8) is 0 Å². The minimum absolute atomic E-state index is 0.156. The lowest BCUT2D eigenvalue weighted by Gasteiger charge is -2.23. The number of ketones is 1. The Morgan fingerprint density at radius 2 is 2.18 bits per heavy atom. The quantitative estimate of drug-likeness (QED) is 0.819. The minimum atomic E-state index is 0.156. The number of carbonyl (C=O) groups is 1. The Bertz CT molecular complexity index is 529. The maximum absolute atomic E-state index is 12.2. The number of pyridine rings is 1. The van der Waals surface area contributed by atoms with Crippen molar-refractivity contribution in [3.8, 4) is 11.4 Å². The van der Waals surface area contributed by atoms with E-state index in [4.69, 9.17) is 0 Å². The Balaban J connectivity index is 2.01. The van der Waals surface area contributed by atoms with E-state index in [2.05, 4.69) is 15.0 Å². The fourth-order valence-electron chi connectivity index (χ4n) is 2.07. The summed E-state index contributed by atoms with van der Waals surface area (Å²) in [5.74, 6) is 1.03. The van der Waals surface area contributed by atoms with E-state index < -0.39 is 0 Å². The minimum Gasteiger partial charge on any atom is -0.345 e. The van der Waals surface area contributed by atoms with Crippen LogP contribution >= 0.6 is 0 Å². The Hall–Kier alpha value is -1.97. The van der Waals surface area contributed by atoms with Gasteiger partial charge < -0.3 is 4.98 Å². The number of carbonyl (C=O) groups excluding carboxylic acids is 1. The molecule has 2 aromatic heterocycles. The van der Waals surface area contributed by atoms with Gasteiger partial charge in [0.05, 0.1) is 0 Å². The topological polar surface area (TPSA) is 58.6 Å². The monoisotopic (exact) mass is 227 g/mol. The number of nitrogens with one attached hydrogen (secondary N) is 1. The fourth-order valence-corrected chi connectivity index (χ4v) is 2.07. The molecule has 0 radical (unpaired) electrons. The van der Waals surface area contributed by atoms with Crippen LogP contribution in [0.15, 0.2) is 30.7 Å². The first-order chi connectivity index (χ1) is 8.36. The van der Waals surface area contributed by atoms with Crippen molar-refractivity contribution < 1.29 is 4.79 Å². The van der Waals surface area contributed by atoms with Crippen molar-refractivity contribution in [3.05, 3.63) is 36.4 Å². The highest BCUT2D eigenvalue weighted by atomic mass is 16.1. The van der Waals surface area contributed by atoms with Crippen molar-refractivity contribution in [2.24, 2.45) is 5.92 Å². The third-order valence-electron chi connectivity index (χ3n) is 3.27. The van der Waals surface area contributed by atoms with Gasteiger partial charge in [0.25, 0.3) is 0 Å². The number of hydrogen-bond acceptors (Lipinski definition) is 3. The summed E-state index contributed by atoms with van der Waals surface area (Å²) in [5, 5.41) is 0. The average Bonchev–Trinajstić information content (AvgIpc) is 2.80. The Labute approximate surface area is 99.1 Å². The molecule has 4 nitrogen and oxygen atoms in total. The van der Waals surface area contributed by atoms with E-state index in [9.17, 15) is 4.79 Å². The smallest absolute Gasteiger partial charge is 0.184 e. The fraction of sp³-hybridized carbons (Fsp3) is 0.308. The lowest BCUT2D eigenvalue weighted by Crippen LogP contribution is -2.23. The largest absolute Gasteiger partial charge is 0.345 e. The van der Waals surface area contributed by atoms with Crippen LogP contribution < -0.4 is 0 Å². The summed E-state index contributed by atoms with van der Waals surface area (Å²) in [6.07, 6.45) is 8.23. The molecule has 0 aliphatic heterocycles. The Kier molecular flexibility index (Phi) is 2.48. The molecule has 1 N–H and O–H groups in total. The molecule has 0 bridgehead atoms. The van der Waals surface area contributed by atoms with Crippen molar-refractivity contribution in [2.75, 3.05) is 0 Å². The maximum atomic E-state index is 12.2. The second kappa shape index (κ2) is 4.13. The van der Waals surface area contributed by atoms with Gasteiger partial charge in [0.15, 0.2) is 5.78 Å². The van der Waals surface area contributed by atoms with Crippen LogP contribution in [0.1, 0.15) is 29.8 Å². The normalized spacial score (nSPS) is 15.5. The first kappa shape index (κ1) is 10.2. The Morgan fingerprint density at radius 3 is 2.82 bits per heavy atom. The van der Waals surface area contributed by atoms with E-state index in [1.165, 1.54) is 0 Å². The first-order valence-corrected chi connectivity index (χ1v) is 5.85. The molecular weight excluding hydrogens is 214 g/mol. The van der Waals surface area contributed by atoms with Gasteiger partial charge >= 0.3 is 0 Å². The van der Waals surface area contributed by atoms with Crippen LogP contribution in [0.5, 0.6) is 0 Å². The average molecular weight is 227 g/mol. The first-order valence-electron chi connectivity index (χ1n) is 5.85. The molecule has 2 heterocycles. The van der Waals surface area contributed by atoms with Gasteiger partial charge in [0, 0.05) is 30.1 Å². The van der Waals surface area contributed by atoms with E-state index in [1.807, 2.05) is 12.1 Å². The van der Waals surface area contributed by atoms with Crippen LogP contribution in [0.25, 0.3) is 11.4 Å². The number of nitrogens with zero attached hydrogens (tertiary/aromatic N) is 2. The molecule has 0 saturated heterocycles. The van der Waals surface area contributed by atoms with E-state index in [1.54, 1.807) is 18.6 Å². The van der Waals surface area contributed by atoms with Crippen LogP contribution in [0.3, 0.4) is 0 Å². The lowest BCUT2D eigenvalue weighted by atomic mass is 9.80. The highest BCUT2D eigenvalue weighted by Crippen LogP contribution is 2.31. The zero-order valence-electron chi connectivity index (χ0n) is 9.39. The Morgan fingerprint density at radius 1 is 1.29 bits per heavy atom. The molecule has 3 rings (SSSR count). The molecule has 1 aliphatic carbocycles. The number of aromatic nitrogens is 3. The molecule has 1 fully saturated rings. The van der Waals surface area contributed by atoms with E-state index in [-0.39, 0.29) is 11.7 Å². The van der Waals surface area contributed by atoms with E-state index in [0.717, 1.165) is 24.8 Å². The van der Waals surface area contributed by atoms with Gasteiger partial charge in [-0.25, -0.2) is 4.98 Å². The van der Waals surface area contributed by atoms with Crippen molar-refractivity contribution in [2.45, 2.75) is 19.3 Å². The summed E-state index contributed by atoms with van der Waals surface area (Å²) in [6.45, 7) is 0. The standard InChI is InChI=1S/C13H13N3O/c17-12(9-3-1-4-9)11-10(5-2-6-14-11)13-15-7-8-16-13/h2,5-9H,1,3-4H2,(H,15,16). The number of aromatic amines is 1. The zero-order valence-corrected chi connectivity index (χ0v) is 9.39. The summed E-state index contributed by atoms with van der Waals surface area (Å²) in [6, 6.07) is 3.72. The molecule has 0 spiro atoms. The van der Waals surface area contributed by atoms with Crippen LogP contribution in [0.4, 0.5) is 0 Å². The number of hydrogen-bond donors (Lipinski definition) is 1. The molecule has 0 aromatic carbocycles. The van der Waals surface area contributed by atoms with Crippen LogP contribution in [-0.4, -0.2) is 20.7 Å². The summed E-state index contributed by atoms with van der Waals surface area (Å²) >= 11 is 0. The van der Waals surface area contributed by atoms with Gasteiger partial charge in [-0.3, -0.25) is 9.78 Å². The zero-order chi connectivity index (χ0) is 11.7. The van der Waals surface area contributed by atoms with Gasteiger partial charge in [-0.05, 0) is 25.0 Å². The predicted octanol–water partition coefficient (Wildman–Crippen LogP) is 2.45. The summed E-state index contributed by atoms with van der Waals surface area (Å²) in [5.41, 5.74) is 1.35. The molecule has 86 valence electrons. The van der Waals surface area contributed by atoms with Gasteiger partial charge in [-0.1, -0.05) is 6.42 Å². The third kappa shape index (κ3) is 1.75. The molecular formula is C13H13N3O. The molecule has 0 atom stereocenters. The SMILES string of the molecule is O=C(c1ncccc1-c1ncc[nH]1)C1CCC1. The van der Waals surface area contributed by atoms with E-state index in [0.29, 0.717) is 11.5 Å². The van der Waals surface area contributed by atoms with Crippen LogP contribution in [0, 0.1) is 5.92 Å². The van der Waals surface area contributed by atoms with Crippen LogP contribution in [0.2, 0.25) is 0 Å². The highest BCUT2D eigenvalue weighted by molar-refractivity contribution is 6.01. The maximum Gasteiger partial charge on any atom is 0.184 e. The number of rotatable bonds is 3. The number of H-pyrrole nitrogens is 1. The summed E-state index contributed by atoms with van der Waals surface area (Å²) in [7, 11) is 0. The predicted molar refractivity (Wildman–Crippen MR) is 63.5 cm³/mol. The van der Waals surface area contributed by atoms with Gasteiger partial charge in [-0.2, -0.15) is 0 Å². The molecule has 17 heavy (non-hydrogen) atoms. The molecule has 1 saturated carbocycles. The molecule has 4 heteroatoms. The summed E-state index contributed by atoms with van der Waals surface area (Å²) in [4.78, 5) is 23.7. The highest BCUT2D eigenvalue weighted by Gasteiger charge is 2.29. The van der Waals surface area contributed by atoms with E-state index >= 15 is 0 Å². The van der Waals surface area contributed by atoms with Crippen molar-refractivity contribution in [1.29, 1.82) is 0 Å². The number of Topliss-reactive ketones (excluding diaryl/α,β-unsaturated/α-hetero) is 1. The van der Waals surface area contributed by atoms with Gasteiger partial charge in [0.2, 0.25) is 0 Å². The third-order valence-corrected chi connectivity index (χ3v) is 3.27. The second-order valence-electron chi connectivity index (χ2n) is 4.33. The van der Waals surface area contributed by atoms with Gasteiger partial charge in [-0.15, -0.1) is 0 Å². The molecule has 1 aliphatic rings. The molecule has 2 aromatic rings. The van der Waals surface area contributed by atoms with Crippen LogP contribution in [-0.2, 0) is 0 Å². The van der Waals surface area contributed by atoms with Crippen molar-refractivity contribution >= 4 is 5.78 Å².